The van der Waals surface area contributed by atoms with Gasteiger partial charge in [-0.25, -0.2) is 19.3 Å². The minimum atomic E-state index is -0.0872. The molecule has 3 aromatic rings. The van der Waals surface area contributed by atoms with E-state index in [1.165, 1.54) is 0 Å². The quantitative estimate of drug-likeness (QED) is 0.763. The van der Waals surface area contributed by atoms with Crippen LogP contribution in [-0.4, -0.2) is 56.7 Å². The van der Waals surface area contributed by atoms with Crippen molar-refractivity contribution in [1.82, 2.24) is 29.8 Å². The summed E-state index contributed by atoms with van der Waals surface area (Å²) in [6.45, 7) is 6.77. The minimum absolute atomic E-state index is 0.0409. The molecule has 0 spiro atoms. The molecule has 0 aliphatic carbocycles. The number of fused-ring (bicyclic) bond motifs is 1. The number of rotatable bonds is 3. The first kappa shape index (κ1) is 16.8. The Morgan fingerprint density at radius 3 is 2.81 bits per heavy atom. The predicted molar refractivity (Wildman–Crippen MR) is 101 cm³/mol. The second-order valence-corrected chi connectivity index (χ2v) is 7.42. The molecule has 4 heterocycles. The van der Waals surface area contributed by atoms with E-state index in [9.17, 15) is 4.79 Å². The maximum absolute atomic E-state index is 12.5. The summed E-state index contributed by atoms with van der Waals surface area (Å²) < 4.78 is 1.77. The molecule has 0 radical (unpaired) electrons. The third-order valence-electron chi connectivity index (χ3n) is 4.55. The number of carbonyl (C=O) groups excluding carboxylic acids is 1. The minimum Gasteiger partial charge on any atom is -0.352 e. The van der Waals surface area contributed by atoms with Gasteiger partial charge in [0, 0.05) is 44.0 Å². The lowest BCUT2D eigenvalue weighted by Crippen LogP contribution is -2.52. The molecule has 1 N–H and O–H groups in total. The van der Waals surface area contributed by atoms with Crippen molar-refractivity contribution in [2.75, 3.05) is 31.1 Å². The molecule has 4 rings (SSSR count). The molecule has 1 atom stereocenters. The van der Waals surface area contributed by atoms with Crippen molar-refractivity contribution in [3.8, 4) is 0 Å². The van der Waals surface area contributed by atoms with Crippen LogP contribution in [0.3, 0.4) is 0 Å². The van der Waals surface area contributed by atoms with E-state index in [2.05, 4.69) is 25.3 Å². The molecule has 8 nitrogen and oxygen atoms in total. The standard InChI is InChI=1S/C17H21N7OS/c1-12(14-11-26-13(2)20-14)19-17(25)23-9-7-22(8-10-23)16-4-3-15-18-5-6-24(15)21-16/h3-6,11-12H,7-10H2,1-2H3,(H,19,25)/t12-/m0/s1. The highest BCUT2D eigenvalue weighted by Gasteiger charge is 2.23. The summed E-state index contributed by atoms with van der Waals surface area (Å²) in [4.78, 5) is 25.2. The van der Waals surface area contributed by atoms with Gasteiger partial charge in [-0.2, -0.15) is 0 Å². The Morgan fingerprint density at radius 1 is 1.27 bits per heavy atom. The average molecular weight is 371 g/mol. The van der Waals surface area contributed by atoms with Crippen LogP contribution in [0, 0.1) is 6.92 Å². The lowest BCUT2D eigenvalue weighted by atomic mass is 10.2. The van der Waals surface area contributed by atoms with Crippen LogP contribution >= 0.6 is 11.3 Å². The molecule has 136 valence electrons. The van der Waals surface area contributed by atoms with Gasteiger partial charge in [0.25, 0.3) is 0 Å². The number of amides is 2. The fourth-order valence-electron chi connectivity index (χ4n) is 3.04. The van der Waals surface area contributed by atoms with E-state index in [-0.39, 0.29) is 12.1 Å². The zero-order chi connectivity index (χ0) is 18.1. The molecule has 0 saturated carbocycles. The highest BCUT2D eigenvalue weighted by molar-refractivity contribution is 7.09. The van der Waals surface area contributed by atoms with Gasteiger partial charge in [-0.1, -0.05) is 0 Å². The summed E-state index contributed by atoms with van der Waals surface area (Å²) >= 11 is 1.60. The van der Waals surface area contributed by atoms with Gasteiger partial charge >= 0.3 is 6.03 Å². The van der Waals surface area contributed by atoms with E-state index in [1.807, 2.05) is 42.5 Å². The molecule has 2 amide bonds. The van der Waals surface area contributed by atoms with Crippen molar-refractivity contribution in [2.45, 2.75) is 19.9 Å². The molecule has 9 heteroatoms. The SMILES string of the molecule is Cc1nc([C@H](C)NC(=O)N2CCN(c3ccc4nccn4n3)CC2)cs1. The van der Waals surface area contributed by atoms with Crippen LogP contribution in [0.15, 0.2) is 29.9 Å². The van der Waals surface area contributed by atoms with Gasteiger partial charge < -0.3 is 15.1 Å². The van der Waals surface area contributed by atoms with Gasteiger partial charge in [0.2, 0.25) is 0 Å². The van der Waals surface area contributed by atoms with Crippen molar-refractivity contribution in [3.05, 3.63) is 40.6 Å². The second-order valence-electron chi connectivity index (χ2n) is 6.36. The van der Waals surface area contributed by atoms with Crippen molar-refractivity contribution >= 4 is 28.8 Å². The lowest BCUT2D eigenvalue weighted by molar-refractivity contribution is 0.191. The first-order chi connectivity index (χ1) is 12.6. The molecule has 3 aromatic heterocycles. The third-order valence-corrected chi connectivity index (χ3v) is 5.34. The van der Waals surface area contributed by atoms with Crippen LogP contribution in [0.25, 0.3) is 5.65 Å². The monoisotopic (exact) mass is 371 g/mol. The molecule has 1 aliphatic rings. The largest absolute Gasteiger partial charge is 0.352 e. The number of thiazole rings is 1. The van der Waals surface area contributed by atoms with Crippen molar-refractivity contribution in [3.63, 3.8) is 0 Å². The Kier molecular flexibility index (Phi) is 4.46. The highest BCUT2D eigenvalue weighted by atomic mass is 32.1. The predicted octanol–water partition coefficient (Wildman–Crippen LogP) is 2.09. The number of piperazine rings is 1. The number of anilines is 1. The number of urea groups is 1. The summed E-state index contributed by atoms with van der Waals surface area (Å²) in [5.74, 6) is 0.905. The number of nitrogens with one attached hydrogen (secondary N) is 1. The topological polar surface area (TPSA) is 78.7 Å². The molecule has 0 unspecified atom stereocenters. The summed E-state index contributed by atoms with van der Waals surface area (Å²) in [5.41, 5.74) is 1.75. The van der Waals surface area contributed by atoms with E-state index in [0.717, 1.165) is 35.3 Å². The fraction of sp³-hybridized carbons (Fsp3) is 0.412. The maximum Gasteiger partial charge on any atom is 0.318 e. The first-order valence-electron chi connectivity index (χ1n) is 8.63. The Bertz CT molecular complexity index is 913. The number of hydrogen-bond donors (Lipinski definition) is 1. The van der Waals surface area contributed by atoms with Gasteiger partial charge in [-0.05, 0) is 26.0 Å². The molecule has 0 bridgehead atoms. The lowest BCUT2D eigenvalue weighted by Gasteiger charge is -2.35. The highest BCUT2D eigenvalue weighted by Crippen LogP contribution is 2.17. The molecule has 0 aromatic carbocycles. The Hall–Kier alpha value is -2.68. The smallest absolute Gasteiger partial charge is 0.318 e. The van der Waals surface area contributed by atoms with Gasteiger partial charge in [-0.15, -0.1) is 16.4 Å². The number of imidazole rings is 1. The average Bonchev–Trinajstić information content (AvgIpc) is 3.29. The van der Waals surface area contributed by atoms with Crippen LogP contribution in [0.4, 0.5) is 10.6 Å². The van der Waals surface area contributed by atoms with Gasteiger partial charge in [0.05, 0.1) is 16.7 Å². The molecule has 26 heavy (non-hydrogen) atoms. The van der Waals surface area contributed by atoms with E-state index >= 15 is 0 Å². The van der Waals surface area contributed by atoms with Crippen LogP contribution < -0.4 is 10.2 Å². The number of hydrogen-bond acceptors (Lipinski definition) is 6. The van der Waals surface area contributed by atoms with E-state index in [1.54, 1.807) is 22.0 Å². The number of aromatic nitrogens is 4. The van der Waals surface area contributed by atoms with Gasteiger partial charge in [-0.3, -0.25) is 0 Å². The fourth-order valence-corrected chi connectivity index (χ4v) is 3.75. The Labute approximate surface area is 155 Å². The Balaban J connectivity index is 1.34. The van der Waals surface area contributed by atoms with Gasteiger partial charge in [0.1, 0.15) is 5.82 Å². The maximum atomic E-state index is 12.5. The zero-order valence-electron chi connectivity index (χ0n) is 14.8. The van der Waals surface area contributed by atoms with Crippen LogP contribution in [0.2, 0.25) is 0 Å². The van der Waals surface area contributed by atoms with E-state index < -0.39 is 0 Å². The third kappa shape index (κ3) is 3.34. The normalized spacial score (nSPS) is 16.1. The van der Waals surface area contributed by atoms with Crippen molar-refractivity contribution < 1.29 is 4.79 Å². The number of carbonyl (C=O) groups is 1. The van der Waals surface area contributed by atoms with Crippen LogP contribution in [0.1, 0.15) is 23.7 Å². The molecular formula is C17H21N7OS. The number of nitrogens with zero attached hydrogens (tertiary/aromatic N) is 6. The van der Waals surface area contributed by atoms with E-state index in [4.69, 9.17) is 0 Å². The zero-order valence-corrected chi connectivity index (χ0v) is 15.6. The molecule has 1 aliphatic heterocycles. The van der Waals surface area contributed by atoms with Gasteiger partial charge in [0.15, 0.2) is 5.65 Å². The van der Waals surface area contributed by atoms with E-state index in [0.29, 0.717) is 13.1 Å². The van der Waals surface area contributed by atoms with Crippen molar-refractivity contribution in [1.29, 1.82) is 0 Å². The van der Waals surface area contributed by atoms with Crippen LogP contribution in [0.5, 0.6) is 0 Å². The number of aryl methyl sites for hydroxylation is 1. The molecule has 1 saturated heterocycles. The summed E-state index contributed by atoms with van der Waals surface area (Å²) in [6, 6.07) is 3.81. The summed E-state index contributed by atoms with van der Waals surface area (Å²) in [6.07, 6.45) is 3.57. The summed E-state index contributed by atoms with van der Waals surface area (Å²) in [7, 11) is 0. The van der Waals surface area contributed by atoms with Crippen LogP contribution in [-0.2, 0) is 0 Å². The molecular weight excluding hydrogens is 350 g/mol. The van der Waals surface area contributed by atoms with Crippen molar-refractivity contribution in [2.24, 2.45) is 0 Å². The molecule has 1 fully saturated rings. The first-order valence-corrected chi connectivity index (χ1v) is 9.51. The second kappa shape index (κ2) is 6.91. The summed E-state index contributed by atoms with van der Waals surface area (Å²) in [5, 5.41) is 10.6. The Morgan fingerprint density at radius 2 is 2.08 bits per heavy atom.